The second kappa shape index (κ2) is 7.64. The quantitative estimate of drug-likeness (QED) is 0.898. The van der Waals surface area contributed by atoms with E-state index in [-0.39, 0.29) is 30.7 Å². The van der Waals surface area contributed by atoms with E-state index in [9.17, 15) is 4.79 Å². The Morgan fingerprint density at radius 2 is 2.30 bits per heavy atom. The average molecular weight is 336 g/mol. The fraction of sp³-hybridized carbons (Fsp3) is 0.333. The van der Waals surface area contributed by atoms with Gasteiger partial charge in [-0.05, 0) is 6.07 Å². The lowest BCUT2D eigenvalue weighted by atomic mass is 10.0. The van der Waals surface area contributed by atoms with Crippen LogP contribution in [-0.4, -0.2) is 30.5 Å². The molecule has 0 atom stereocenters. The smallest absolute Gasteiger partial charge is 0.270 e. The van der Waals surface area contributed by atoms with Gasteiger partial charge in [0.25, 0.3) is 5.91 Å². The summed E-state index contributed by atoms with van der Waals surface area (Å²) in [6.07, 6.45) is 3.22. The Bertz CT molecular complexity index is 541. The SMILES string of the molecule is Cl.Cl.O=C(NCC1CNC1)c1csc(-c2ccoc2)n1. The zero-order chi connectivity index (χ0) is 12.4. The molecule has 3 heterocycles. The highest BCUT2D eigenvalue weighted by atomic mass is 35.5. The van der Waals surface area contributed by atoms with E-state index in [4.69, 9.17) is 4.42 Å². The summed E-state index contributed by atoms with van der Waals surface area (Å²) in [6.45, 7) is 2.68. The highest BCUT2D eigenvalue weighted by Crippen LogP contribution is 2.23. The molecular formula is C12H15Cl2N3O2S. The van der Waals surface area contributed by atoms with Crippen molar-refractivity contribution in [2.75, 3.05) is 19.6 Å². The first kappa shape index (κ1) is 17.0. The highest BCUT2D eigenvalue weighted by Gasteiger charge is 2.18. The van der Waals surface area contributed by atoms with E-state index in [0.717, 1.165) is 23.7 Å². The van der Waals surface area contributed by atoms with Gasteiger partial charge in [-0.2, -0.15) is 0 Å². The predicted octanol–water partition coefficient (Wildman–Crippen LogP) is 2.20. The third-order valence-corrected chi connectivity index (χ3v) is 3.81. The maximum absolute atomic E-state index is 11.9. The third kappa shape index (κ3) is 3.73. The predicted molar refractivity (Wildman–Crippen MR) is 83.0 cm³/mol. The number of amides is 1. The number of carbonyl (C=O) groups is 1. The van der Waals surface area contributed by atoms with Crippen LogP contribution in [0.2, 0.25) is 0 Å². The molecule has 0 aliphatic carbocycles. The van der Waals surface area contributed by atoms with Crippen LogP contribution in [0.1, 0.15) is 10.5 Å². The summed E-state index contributed by atoms with van der Waals surface area (Å²) in [4.78, 5) is 16.2. The molecule has 0 unspecified atom stereocenters. The highest BCUT2D eigenvalue weighted by molar-refractivity contribution is 7.13. The molecule has 1 fully saturated rings. The van der Waals surface area contributed by atoms with E-state index >= 15 is 0 Å². The van der Waals surface area contributed by atoms with Crippen molar-refractivity contribution < 1.29 is 9.21 Å². The minimum absolute atomic E-state index is 0. The second-order valence-electron chi connectivity index (χ2n) is 4.28. The van der Waals surface area contributed by atoms with Crippen molar-refractivity contribution >= 4 is 42.1 Å². The first-order valence-electron chi connectivity index (χ1n) is 5.80. The van der Waals surface area contributed by atoms with Crippen LogP contribution in [0.5, 0.6) is 0 Å². The number of aromatic nitrogens is 1. The number of carbonyl (C=O) groups excluding carboxylic acids is 1. The zero-order valence-electron chi connectivity index (χ0n) is 10.5. The van der Waals surface area contributed by atoms with Gasteiger partial charge >= 0.3 is 0 Å². The van der Waals surface area contributed by atoms with Gasteiger partial charge in [-0.15, -0.1) is 36.2 Å². The van der Waals surface area contributed by atoms with Gasteiger partial charge < -0.3 is 15.1 Å². The summed E-state index contributed by atoms with van der Waals surface area (Å²) in [5.74, 6) is 0.453. The van der Waals surface area contributed by atoms with E-state index in [1.54, 1.807) is 17.9 Å². The Kier molecular flexibility index (Phi) is 6.48. The van der Waals surface area contributed by atoms with Crippen LogP contribution in [0.25, 0.3) is 10.6 Å². The molecule has 0 aromatic carbocycles. The van der Waals surface area contributed by atoms with Crippen LogP contribution in [0.4, 0.5) is 0 Å². The molecule has 2 aromatic rings. The van der Waals surface area contributed by atoms with E-state index in [2.05, 4.69) is 15.6 Å². The van der Waals surface area contributed by atoms with E-state index < -0.39 is 0 Å². The normalized spacial score (nSPS) is 13.8. The lowest BCUT2D eigenvalue weighted by Gasteiger charge is -2.26. The Balaban J connectivity index is 0.000001000. The number of hydrogen-bond donors (Lipinski definition) is 2. The van der Waals surface area contributed by atoms with Gasteiger partial charge in [0, 0.05) is 36.5 Å². The van der Waals surface area contributed by atoms with Crippen LogP contribution >= 0.6 is 36.2 Å². The molecule has 1 aliphatic heterocycles. The van der Waals surface area contributed by atoms with Gasteiger partial charge in [0.1, 0.15) is 17.0 Å². The van der Waals surface area contributed by atoms with E-state index in [1.165, 1.54) is 11.3 Å². The summed E-state index contributed by atoms with van der Waals surface area (Å²) in [5.41, 5.74) is 1.38. The number of halogens is 2. The molecule has 0 bridgehead atoms. The first-order valence-corrected chi connectivity index (χ1v) is 6.68. The fourth-order valence-corrected chi connectivity index (χ4v) is 2.50. The van der Waals surface area contributed by atoms with E-state index in [0.29, 0.717) is 18.2 Å². The Labute approximate surface area is 133 Å². The van der Waals surface area contributed by atoms with Crippen molar-refractivity contribution in [1.29, 1.82) is 0 Å². The van der Waals surface area contributed by atoms with Crippen molar-refractivity contribution in [2.45, 2.75) is 0 Å². The summed E-state index contributed by atoms with van der Waals surface area (Å²) in [7, 11) is 0. The maximum atomic E-state index is 11.9. The number of thiazole rings is 1. The van der Waals surface area contributed by atoms with Crippen LogP contribution < -0.4 is 10.6 Å². The van der Waals surface area contributed by atoms with Crippen LogP contribution in [0.15, 0.2) is 28.4 Å². The third-order valence-electron chi connectivity index (χ3n) is 2.92. The molecule has 1 saturated heterocycles. The van der Waals surface area contributed by atoms with Crippen LogP contribution in [0.3, 0.4) is 0 Å². The van der Waals surface area contributed by atoms with Gasteiger partial charge in [0.15, 0.2) is 0 Å². The fourth-order valence-electron chi connectivity index (χ4n) is 1.72. The summed E-state index contributed by atoms with van der Waals surface area (Å²) in [5, 5.41) is 8.65. The lowest BCUT2D eigenvalue weighted by molar-refractivity contribution is 0.0938. The van der Waals surface area contributed by atoms with Gasteiger partial charge in [-0.1, -0.05) is 0 Å². The largest absolute Gasteiger partial charge is 0.472 e. The van der Waals surface area contributed by atoms with Crippen molar-refractivity contribution in [3.8, 4) is 10.6 Å². The van der Waals surface area contributed by atoms with Crippen molar-refractivity contribution in [3.05, 3.63) is 29.7 Å². The molecule has 0 saturated carbocycles. The molecule has 0 spiro atoms. The summed E-state index contributed by atoms with van der Waals surface area (Å²) < 4.78 is 5.00. The molecular weight excluding hydrogens is 321 g/mol. The molecule has 20 heavy (non-hydrogen) atoms. The first-order chi connectivity index (χ1) is 8.83. The number of hydrogen-bond acceptors (Lipinski definition) is 5. The Morgan fingerprint density at radius 1 is 1.50 bits per heavy atom. The second-order valence-corrected chi connectivity index (χ2v) is 5.14. The minimum Gasteiger partial charge on any atom is -0.472 e. The monoisotopic (exact) mass is 335 g/mol. The standard InChI is InChI=1S/C12H13N3O2S.2ClH/c16-11(14-5-8-3-13-4-8)10-7-18-12(15-10)9-1-2-17-6-9;;/h1-2,6-8,13H,3-5H2,(H,14,16);2*1H. The number of furan rings is 1. The lowest BCUT2D eigenvalue weighted by Crippen LogP contribution is -2.48. The van der Waals surface area contributed by atoms with Crippen molar-refractivity contribution in [2.24, 2.45) is 5.92 Å². The topological polar surface area (TPSA) is 67.2 Å². The Morgan fingerprint density at radius 3 is 2.90 bits per heavy atom. The number of rotatable bonds is 4. The molecule has 1 amide bonds. The molecule has 5 nitrogen and oxygen atoms in total. The summed E-state index contributed by atoms with van der Waals surface area (Å²) in [6, 6.07) is 1.83. The van der Waals surface area contributed by atoms with Crippen LogP contribution in [-0.2, 0) is 0 Å². The van der Waals surface area contributed by atoms with Gasteiger partial charge in [-0.3, -0.25) is 4.79 Å². The maximum Gasteiger partial charge on any atom is 0.270 e. The molecule has 2 aromatic heterocycles. The van der Waals surface area contributed by atoms with Crippen LogP contribution in [0, 0.1) is 5.92 Å². The average Bonchev–Trinajstić information content (AvgIpc) is 2.97. The molecule has 0 radical (unpaired) electrons. The molecule has 2 N–H and O–H groups in total. The molecule has 8 heteroatoms. The Hall–Kier alpha value is -1.08. The summed E-state index contributed by atoms with van der Waals surface area (Å²) >= 11 is 1.45. The zero-order valence-corrected chi connectivity index (χ0v) is 12.9. The van der Waals surface area contributed by atoms with Gasteiger partial charge in [-0.25, -0.2) is 4.98 Å². The molecule has 3 rings (SSSR count). The molecule has 110 valence electrons. The van der Waals surface area contributed by atoms with Crippen molar-refractivity contribution in [1.82, 2.24) is 15.6 Å². The van der Waals surface area contributed by atoms with Gasteiger partial charge in [0.2, 0.25) is 0 Å². The minimum atomic E-state index is -0.104. The van der Waals surface area contributed by atoms with Crippen molar-refractivity contribution in [3.63, 3.8) is 0 Å². The van der Waals surface area contributed by atoms with E-state index in [1.807, 2.05) is 6.07 Å². The number of nitrogens with one attached hydrogen (secondary N) is 2. The molecule has 1 aliphatic rings. The van der Waals surface area contributed by atoms with Gasteiger partial charge in [0.05, 0.1) is 6.26 Å². The number of nitrogens with zero attached hydrogens (tertiary/aromatic N) is 1.